The Balaban J connectivity index is 1.59. The molecule has 0 aliphatic heterocycles. The number of fused-ring (bicyclic) bond motifs is 1. The highest BCUT2D eigenvalue weighted by Gasteiger charge is 2.30. The van der Waals surface area contributed by atoms with Crippen LogP contribution in [0.15, 0.2) is 57.9 Å². The van der Waals surface area contributed by atoms with Crippen molar-refractivity contribution in [1.82, 2.24) is 4.98 Å². The molecule has 1 aliphatic carbocycles. The maximum atomic E-state index is 12.6. The standard InChI is InChI=1S/C21H18N2O5/c1-27-14-6-4-13(5-7-14)22-20(25)16-11-15-17(23-21(16)26)9-12(10-18(15)24)19-3-2-8-28-19/h2-8,11-12H,9-10H2,1H3,(H,22,25)(H,23,26)/t12-/m0/s1. The molecule has 0 radical (unpaired) electrons. The minimum atomic E-state index is -0.574. The molecular weight excluding hydrogens is 360 g/mol. The Morgan fingerprint density at radius 1 is 1.18 bits per heavy atom. The molecule has 142 valence electrons. The van der Waals surface area contributed by atoms with E-state index in [1.165, 1.54) is 6.07 Å². The molecule has 0 saturated carbocycles. The van der Waals surface area contributed by atoms with E-state index in [0.29, 0.717) is 34.9 Å². The zero-order valence-corrected chi connectivity index (χ0v) is 15.2. The van der Waals surface area contributed by atoms with Crippen molar-refractivity contribution in [1.29, 1.82) is 0 Å². The van der Waals surface area contributed by atoms with Gasteiger partial charge in [-0.2, -0.15) is 0 Å². The van der Waals surface area contributed by atoms with Gasteiger partial charge in [0.2, 0.25) is 0 Å². The predicted molar refractivity (Wildman–Crippen MR) is 102 cm³/mol. The van der Waals surface area contributed by atoms with E-state index in [9.17, 15) is 14.4 Å². The average Bonchev–Trinajstić information content (AvgIpc) is 3.22. The first-order valence-electron chi connectivity index (χ1n) is 8.83. The van der Waals surface area contributed by atoms with Crippen molar-refractivity contribution in [2.24, 2.45) is 0 Å². The molecule has 0 spiro atoms. The molecule has 28 heavy (non-hydrogen) atoms. The summed E-state index contributed by atoms with van der Waals surface area (Å²) >= 11 is 0. The largest absolute Gasteiger partial charge is 0.497 e. The molecule has 1 amide bonds. The van der Waals surface area contributed by atoms with E-state index in [1.54, 1.807) is 43.7 Å². The lowest BCUT2D eigenvalue weighted by Crippen LogP contribution is -2.29. The number of carbonyl (C=O) groups is 2. The number of furan rings is 1. The molecule has 1 aliphatic rings. The van der Waals surface area contributed by atoms with Crippen LogP contribution >= 0.6 is 0 Å². The summed E-state index contributed by atoms with van der Waals surface area (Å²) in [5, 5.41) is 2.66. The number of aromatic nitrogens is 1. The number of benzene rings is 1. The Morgan fingerprint density at radius 3 is 2.64 bits per heavy atom. The number of carbonyl (C=O) groups excluding carboxylic acids is 2. The quantitative estimate of drug-likeness (QED) is 0.726. The van der Waals surface area contributed by atoms with Crippen molar-refractivity contribution in [3.8, 4) is 5.75 Å². The molecule has 4 rings (SSSR count). The van der Waals surface area contributed by atoms with Crippen LogP contribution in [0.2, 0.25) is 0 Å². The van der Waals surface area contributed by atoms with Gasteiger partial charge in [-0.25, -0.2) is 0 Å². The Hall–Kier alpha value is -3.61. The number of methoxy groups -OCH3 is 1. The first-order valence-corrected chi connectivity index (χ1v) is 8.83. The number of ketones is 1. The van der Waals surface area contributed by atoms with Gasteiger partial charge >= 0.3 is 0 Å². The zero-order chi connectivity index (χ0) is 19.7. The second-order valence-corrected chi connectivity index (χ2v) is 6.63. The number of amides is 1. The highest BCUT2D eigenvalue weighted by Crippen LogP contribution is 2.31. The second kappa shape index (κ2) is 7.19. The molecule has 0 bridgehead atoms. The van der Waals surface area contributed by atoms with E-state index in [0.717, 1.165) is 0 Å². The van der Waals surface area contributed by atoms with E-state index in [-0.39, 0.29) is 23.7 Å². The minimum absolute atomic E-state index is 0.0978. The van der Waals surface area contributed by atoms with Gasteiger partial charge in [0, 0.05) is 29.3 Å². The lowest BCUT2D eigenvalue weighted by atomic mass is 9.84. The molecule has 1 atom stereocenters. The number of H-pyrrole nitrogens is 1. The van der Waals surface area contributed by atoms with Crippen molar-refractivity contribution in [3.63, 3.8) is 0 Å². The molecule has 0 fully saturated rings. The molecule has 2 N–H and O–H groups in total. The molecule has 3 aromatic rings. The van der Waals surface area contributed by atoms with Crippen LogP contribution in [0.3, 0.4) is 0 Å². The van der Waals surface area contributed by atoms with Gasteiger partial charge in [0.1, 0.15) is 17.1 Å². The normalized spacial score (nSPS) is 15.8. The summed E-state index contributed by atoms with van der Waals surface area (Å²) in [4.78, 5) is 40.3. The number of Topliss-reactive ketones (excluding diaryl/α,β-unsaturated/α-hetero) is 1. The van der Waals surface area contributed by atoms with Gasteiger partial charge < -0.3 is 19.5 Å². The zero-order valence-electron chi connectivity index (χ0n) is 15.2. The molecule has 0 unspecified atom stereocenters. The fourth-order valence-electron chi connectivity index (χ4n) is 3.40. The molecular formula is C21H18N2O5. The van der Waals surface area contributed by atoms with Gasteiger partial charge in [-0.1, -0.05) is 0 Å². The summed E-state index contributed by atoms with van der Waals surface area (Å²) in [5.74, 6) is 0.541. The third-order valence-corrected chi connectivity index (χ3v) is 4.84. The van der Waals surface area contributed by atoms with Crippen LogP contribution in [-0.2, 0) is 6.42 Å². The molecule has 7 nitrogen and oxygen atoms in total. The lowest BCUT2D eigenvalue weighted by molar-refractivity contribution is 0.0959. The number of anilines is 1. The maximum absolute atomic E-state index is 12.6. The average molecular weight is 378 g/mol. The lowest BCUT2D eigenvalue weighted by Gasteiger charge is -2.22. The summed E-state index contributed by atoms with van der Waals surface area (Å²) in [6.45, 7) is 0. The maximum Gasteiger partial charge on any atom is 0.261 e. The fraction of sp³-hybridized carbons (Fsp3) is 0.190. The molecule has 2 aromatic heterocycles. The smallest absolute Gasteiger partial charge is 0.261 e. The van der Waals surface area contributed by atoms with E-state index < -0.39 is 11.5 Å². The van der Waals surface area contributed by atoms with Crippen molar-refractivity contribution in [3.05, 3.63) is 81.7 Å². The summed E-state index contributed by atoms with van der Waals surface area (Å²) in [7, 11) is 1.55. The van der Waals surface area contributed by atoms with Crippen LogP contribution in [0.25, 0.3) is 0 Å². The summed E-state index contributed by atoms with van der Waals surface area (Å²) in [6, 6.07) is 11.7. The highest BCUT2D eigenvalue weighted by molar-refractivity contribution is 6.06. The highest BCUT2D eigenvalue weighted by atomic mass is 16.5. The van der Waals surface area contributed by atoms with E-state index >= 15 is 0 Å². The first kappa shape index (κ1) is 17.8. The summed E-state index contributed by atoms with van der Waals surface area (Å²) in [5.41, 5.74) is 0.801. The Labute approximate surface area is 160 Å². The number of pyridine rings is 1. The van der Waals surface area contributed by atoms with Gasteiger partial charge in [-0.05, 0) is 48.9 Å². The molecule has 7 heteroatoms. The van der Waals surface area contributed by atoms with Crippen molar-refractivity contribution >= 4 is 17.4 Å². The van der Waals surface area contributed by atoms with Crippen molar-refractivity contribution < 1.29 is 18.7 Å². The van der Waals surface area contributed by atoms with Crippen LogP contribution in [-0.4, -0.2) is 23.8 Å². The molecule has 0 saturated heterocycles. The van der Waals surface area contributed by atoms with Gasteiger partial charge in [-0.3, -0.25) is 14.4 Å². The monoisotopic (exact) mass is 378 g/mol. The number of hydrogen-bond donors (Lipinski definition) is 2. The number of aromatic amines is 1. The SMILES string of the molecule is COc1ccc(NC(=O)c2cc3c([nH]c2=O)C[C@H](c2ccco2)CC3=O)cc1. The van der Waals surface area contributed by atoms with Crippen LogP contribution < -0.4 is 15.6 Å². The molecule has 1 aromatic carbocycles. The third-order valence-electron chi connectivity index (χ3n) is 4.84. The van der Waals surface area contributed by atoms with Gasteiger partial charge in [-0.15, -0.1) is 0 Å². The summed E-state index contributed by atoms with van der Waals surface area (Å²) < 4.78 is 10.5. The number of hydrogen-bond acceptors (Lipinski definition) is 5. The topological polar surface area (TPSA) is 101 Å². The minimum Gasteiger partial charge on any atom is -0.497 e. The number of rotatable bonds is 4. The Kier molecular flexibility index (Phi) is 4.57. The van der Waals surface area contributed by atoms with Gasteiger partial charge in [0.05, 0.1) is 13.4 Å². The third kappa shape index (κ3) is 3.34. The first-order chi connectivity index (χ1) is 13.5. The van der Waals surface area contributed by atoms with Crippen LogP contribution in [0.4, 0.5) is 5.69 Å². The van der Waals surface area contributed by atoms with Crippen molar-refractivity contribution in [2.45, 2.75) is 18.8 Å². The molecule has 2 heterocycles. The predicted octanol–water partition coefficient (Wildman–Crippen LogP) is 3.14. The van der Waals surface area contributed by atoms with Crippen LogP contribution in [0.1, 0.15) is 44.5 Å². The number of nitrogens with one attached hydrogen (secondary N) is 2. The summed E-state index contributed by atoms with van der Waals surface area (Å²) in [6.07, 6.45) is 2.31. The van der Waals surface area contributed by atoms with Crippen molar-refractivity contribution in [2.75, 3.05) is 12.4 Å². The Morgan fingerprint density at radius 2 is 1.96 bits per heavy atom. The second-order valence-electron chi connectivity index (χ2n) is 6.63. The van der Waals surface area contributed by atoms with Gasteiger partial charge in [0.25, 0.3) is 11.5 Å². The fourth-order valence-corrected chi connectivity index (χ4v) is 3.40. The number of ether oxygens (including phenoxy) is 1. The van der Waals surface area contributed by atoms with E-state index in [1.807, 2.05) is 6.07 Å². The van der Waals surface area contributed by atoms with E-state index in [4.69, 9.17) is 9.15 Å². The van der Waals surface area contributed by atoms with E-state index in [2.05, 4.69) is 10.3 Å². The van der Waals surface area contributed by atoms with Crippen LogP contribution in [0, 0.1) is 0 Å². The van der Waals surface area contributed by atoms with Crippen LogP contribution in [0.5, 0.6) is 5.75 Å². The Bertz CT molecular complexity index is 1080. The van der Waals surface area contributed by atoms with Gasteiger partial charge in [0.15, 0.2) is 5.78 Å².